The summed E-state index contributed by atoms with van der Waals surface area (Å²) in [5.41, 5.74) is 3.81. The predicted molar refractivity (Wildman–Crippen MR) is 120 cm³/mol. The molecule has 7 heteroatoms. The van der Waals surface area contributed by atoms with E-state index < -0.39 is 0 Å². The second-order valence-corrected chi connectivity index (χ2v) is 8.30. The van der Waals surface area contributed by atoms with E-state index in [0.29, 0.717) is 18.5 Å². The summed E-state index contributed by atoms with van der Waals surface area (Å²) >= 11 is 6.29. The molecular weight excluding hydrogens is 398 g/mol. The van der Waals surface area contributed by atoms with Crippen molar-refractivity contribution in [1.82, 2.24) is 19.6 Å². The molecule has 0 aliphatic heterocycles. The molecule has 6 nitrogen and oxygen atoms in total. The number of carbonyl (C=O) groups excluding carboxylic acids is 1. The van der Waals surface area contributed by atoms with Gasteiger partial charge in [-0.1, -0.05) is 29.8 Å². The van der Waals surface area contributed by atoms with Crippen molar-refractivity contribution in [3.8, 4) is 0 Å². The fourth-order valence-corrected chi connectivity index (χ4v) is 3.93. The van der Waals surface area contributed by atoms with Crippen LogP contribution < -0.4 is 5.32 Å². The molecule has 2 aromatic heterocycles. The number of nitrogens with zero attached hydrogens (tertiary/aromatic N) is 4. The number of rotatable bonds is 7. The van der Waals surface area contributed by atoms with E-state index in [9.17, 15) is 4.79 Å². The Morgan fingerprint density at radius 3 is 2.80 bits per heavy atom. The van der Waals surface area contributed by atoms with Crippen LogP contribution in [-0.4, -0.2) is 25.5 Å². The molecule has 4 rings (SSSR count). The molecule has 0 saturated heterocycles. The Hall–Kier alpha value is -2.86. The van der Waals surface area contributed by atoms with Gasteiger partial charge >= 0.3 is 0 Å². The maximum Gasteiger partial charge on any atom is 0.249 e. The molecule has 1 atom stereocenters. The van der Waals surface area contributed by atoms with Crippen LogP contribution in [0.1, 0.15) is 48.3 Å². The summed E-state index contributed by atoms with van der Waals surface area (Å²) < 4.78 is 3.82. The first-order chi connectivity index (χ1) is 14.4. The highest BCUT2D eigenvalue weighted by Gasteiger charge is 2.30. The van der Waals surface area contributed by atoms with Gasteiger partial charge < -0.3 is 5.32 Å². The molecule has 1 aromatic carbocycles. The average molecular weight is 424 g/mol. The highest BCUT2D eigenvalue weighted by Crippen LogP contribution is 2.40. The number of aromatic nitrogens is 4. The molecule has 0 radical (unpaired) electrons. The molecular formula is C23H26ClN5O. The third-order valence-electron chi connectivity index (χ3n) is 5.73. The maximum absolute atomic E-state index is 12.5. The largest absolute Gasteiger partial charge is 0.307 e. The van der Waals surface area contributed by atoms with Crippen molar-refractivity contribution in [3.05, 3.63) is 70.1 Å². The summed E-state index contributed by atoms with van der Waals surface area (Å²) in [6.07, 6.45) is 7.55. The third kappa shape index (κ3) is 4.33. The van der Waals surface area contributed by atoms with Gasteiger partial charge in [-0.05, 0) is 57.2 Å². The lowest BCUT2D eigenvalue weighted by Gasteiger charge is -2.14. The summed E-state index contributed by atoms with van der Waals surface area (Å²) in [5.74, 6) is 1.20. The standard InChI is InChI=1S/C23H26ClN5O/c1-15-20(17(3)28(27-15)14-19-6-4-5-7-21(19)24)10-11-23(30)26-22-12-13-25-29(22)16(2)18-8-9-18/h4-7,10-13,16,18H,8-9,14H2,1-3H3,(H,26,30)/b11-10+. The maximum atomic E-state index is 12.5. The molecule has 1 aliphatic rings. The van der Waals surface area contributed by atoms with Crippen molar-refractivity contribution < 1.29 is 4.79 Å². The Kier molecular flexibility index (Phi) is 5.77. The fraction of sp³-hybridized carbons (Fsp3) is 0.348. The molecule has 2 heterocycles. The Labute approximate surface area is 181 Å². The van der Waals surface area contributed by atoms with Crippen LogP contribution in [0.5, 0.6) is 0 Å². The van der Waals surface area contributed by atoms with E-state index in [4.69, 9.17) is 11.6 Å². The smallest absolute Gasteiger partial charge is 0.249 e. The van der Waals surface area contributed by atoms with Crippen LogP contribution in [0.15, 0.2) is 42.6 Å². The Balaban J connectivity index is 1.46. The quantitative estimate of drug-likeness (QED) is 0.542. The van der Waals surface area contributed by atoms with Crippen LogP contribution in [0.3, 0.4) is 0 Å². The number of benzene rings is 1. The van der Waals surface area contributed by atoms with Gasteiger partial charge in [0.05, 0.1) is 24.5 Å². The molecule has 30 heavy (non-hydrogen) atoms. The summed E-state index contributed by atoms with van der Waals surface area (Å²) in [7, 11) is 0. The number of hydrogen-bond acceptors (Lipinski definition) is 3. The van der Waals surface area contributed by atoms with E-state index in [1.54, 1.807) is 12.3 Å². The summed E-state index contributed by atoms with van der Waals surface area (Å²) in [5, 5.41) is 12.7. The minimum atomic E-state index is -0.183. The second kappa shape index (κ2) is 8.48. The van der Waals surface area contributed by atoms with Crippen molar-refractivity contribution in [2.45, 2.75) is 46.2 Å². The molecule has 1 N–H and O–H groups in total. The summed E-state index contributed by atoms with van der Waals surface area (Å²) in [6.45, 7) is 6.68. The minimum Gasteiger partial charge on any atom is -0.307 e. The van der Waals surface area contributed by atoms with Crippen LogP contribution in [0, 0.1) is 19.8 Å². The second-order valence-electron chi connectivity index (χ2n) is 7.90. The molecule has 1 saturated carbocycles. The van der Waals surface area contributed by atoms with E-state index in [1.807, 2.05) is 59.6 Å². The van der Waals surface area contributed by atoms with Gasteiger partial charge in [0, 0.05) is 28.4 Å². The number of aryl methyl sites for hydroxylation is 1. The monoisotopic (exact) mass is 423 g/mol. The fourth-order valence-electron chi connectivity index (χ4n) is 3.74. The Bertz CT molecular complexity index is 1090. The number of hydrogen-bond donors (Lipinski definition) is 1. The Morgan fingerprint density at radius 1 is 1.30 bits per heavy atom. The molecule has 1 unspecified atom stereocenters. The lowest BCUT2D eigenvalue weighted by Crippen LogP contribution is -2.16. The van der Waals surface area contributed by atoms with Gasteiger partial charge in [-0.2, -0.15) is 10.2 Å². The molecule has 0 bridgehead atoms. The molecule has 1 fully saturated rings. The van der Waals surface area contributed by atoms with Gasteiger partial charge in [0.2, 0.25) is 5.91 Å². The van der Waals surface area contributed by atoms with Gasteiger partial charge in [0.1, 0.15) is 5.82 Å². The number of halogens is 1. The Morgan fingerprint density at radius 2 is 2.07 bits per heavy atom. The molecule has 156 valence electrons. The first kappa shape index (κ1) is 20.4. The van der Waals surface area contributed by atoms with Crippen LogP contribution in [-0.2, 0) is 11.3 Å². The van der Waals surface area contributed by atoms with Crippen molar-refractivity contribution in [3.63, 3.8) is 0 Å². The van der Waals surface area contributed by atoms with Gasteiger partial charge in [-0.15, -0.1) is 0 Å². The van der Waals surface area contributed by atoms with Gasteiger partial charge in [-0.3, -0.25) is 9.48 Å². The van der Waals surface area contributed by atoms with Gasteiger partial charge in [-0.25, -0.2) is 4.68 Å². The first-order valence-corrected chi connectivity index (χ1v) is 10.6. The highest BCUT2D eigenvalue weighted by atomic mass is 35.5. The molecule has 1 aliphatic carbocycles. The first-order valence-electron chi connectivity index (χ1n) is 10.2. The van der Waals surface area contributed by atoms with Gasteiger partial charge in [0.15, 0.2) is 0 Å². The van der Waals surface area contributed by atoms with E-state index in [-0.39, 0.29) is 5.91 Å². The lowest BCUT2D eigenvalue weighted by atomic mass is 10.1. The van der Waals surface area contributed by atoms with Crippen LogP contribution >= 0.6 is 11.6 Å². The number of anilines is 1. The molecule has 3 aromatic rings. The minimum absolute atomic E-state index is 0.183. The number of nitrogens with one attached hydrogen (secondary N) is 1. The van der Waals surface area contributed by atoms with Gasteiger partial charge in [0.25, 0.3) is 0 Å². The van der Waals surface area contributed by atoms with Crippen LogP contribution in [0.4, 0.5) is 5.82 Å². The topological polar surface area (TPSA) is 64.7 Å². The highest BCUT2D eigenvalue weighted by molar-refractivity contribution is 6.31. The zero-order chi connectivity index (χ0) is 21.3. The average Bonchev–Trinajstić information content (AvgIpc) is 3.41. The van der Waals surface area contributed by atoms with E-state index in [0.717, 1.165) is 33.4 Å². The SMILES string of the molecule is Cc1nn(Cc2ccccc2Cl)c(C)c1/C=C/C(=O)Nc1ccnn1C(C)C1CC1. The third-order valence-corrected chi connectivity index (χ3v) is 6.10. The van der Waals surface area contributed by atoms with Crippen molar-refractivity contribution in [2.24, 2.45) is 5.92 Å². The van der Waals surface area contributed by atoms with E-state index in [1.165, 1.54) is 12.8 Å². The summed E-state index contributed by atoms with van der Waals surface area (Å²) in [6, 6.07) is 9.88. The normalized spacial score (nSPS) is 14.9. The molecule has 1 amide bonds. The van der Waals surface area contributed by atoms with Crippen molar-refractivity contribution in [2.75, 3.05) is 5.32 Å². The zero-order valence-electron chi connectivity index (χ0n) is 17.5. The summed E-state index contributed by atoms with van der Waals surface area (Å²) in [4.78, 5) is 12.5. The van der Waals surface area contributed by atoms with E-state index >= 15 is 0 Å². The number of amides is 1. The van der Waals surface area contributed by atoms with Crippen molar-refractivity contribution in [1.29, 1.82) is 0 Å². The molecule has 0 spiro atoms. The lowest BCUT2D eigenvalue weighted by molar-refractivity contribution is -0.111. The number of carbonyl (C=O) groups is 1. The van der Waals surface area contributed by atoms with Crippen molar-refractivity contribution >= 4 is 29.4 Å². The predicted octanol–water partition coefficient (Wildman–Crippen LogP) is 5.02. The van der Waals surface area contributed by atoms with E-state index in [2.05, 4.69) is 22.4 Å². The zero-order valence-corrected chi connectivity index (χ0v) is 18.2. The van der Waals surface area contributed by atoms with Crippen LogP contribution in [0.2, 0.25) is 5.02 Å². The van der Waals surface area contributed by atoms with Crippen LogP contribution in [0.25, 0.3) is 6.08 Å².